The molecule has 146 valence electrons. The molecule has 0 saturated carbocycles. The first-order valence-electron chi connectivity index (χ1n) is 9.46. The Balaban J connectivity index is 2.72. The second-order valence-corrected chi connectivity index (χ2v) is 8.79. The molecule has 6 heteroatoms. The van der Waals surface area contributed by atoms with Gasteiger partial charge in [-0.25, -0.2) is 4.79 Å². The predicted octanol–water partition coefficient (Wildman–Crippen LogP) is 2.85. The second-order valence-electron chi connectivity index (χ2n) is 8.79. The van der Waals surface area contributed by atoms with Gasteiger partial charge < -0.3 is 20.3 Å². The maximum absolute atomic E-state index is 12.5. The minimum atomic E-state index is -0.511. The molecule has 2 N–H and O–H groups in total. The highest BCUT2D eigenvalue weighted by atomic mass is 16.6. The van der Waals surface area contributed by atoms with E-state index in [1.54, 1.807) is 4.90 Å². The first-order valence-corrected chi connectivity index (χ1v) is 9.46. The highest BCUT2D eigenvalue weighted by Crippen LogP contribution is 2.21. The van der Waals surface area contributed by atoms with E-state index >= 15 is 0 Å². The molecule has 1 fully saturated rings. The number of nitrogens with zero attached hydrogens (tertiary/aromatic N) is 2. The Morgan fingerprint density at radius 2 is 1.84 bits per heavy atom. The van der Waals surface area contributed by atoms with Crippen molar-refractivity contribution < 1.29 is 14.3 Å². The van der Waals surface area contributed by atoms with Crippen LogP contribution < -0.4 is 5.73 Å². The van der Waals surface area contributed by atoms with E-state index in [4.69, 9.17) is 10.5 Å². The Bertz CT molecular complexity index is 457. The topological polar surface area (TPSA) is 75.9 Å². The fourth-order valence-electron chi connectivity index (χ4n) is 3.01. The molecular weight excluding hydrogens is 318 g/mol. The Morgan fingerprint density at radius 3 is 2.32 bits per heavy atom. The van der Waals surface area contributed by atoms with E-state index in [0.717, 1.165) is 19.4 Å². The van der Waals surface area contributed by atoms with Gasteiger partial charge in [-0.15, -0.1) is 0 Å². The van der Waals surface area contributed by atoms with E-state index < -0.39 is 11.6 Å². The summed E-state index contributed by atoms with van der Waals surface area (Å²) in [5, 5.41) is 0. The third-order valence-electron chi connectivity index (χ3n) is 4.54. The second kappa shape index (κ2) is 8.88. The number of piperidine rings is 1. The Kier molecular flexibility index (Phi) is 7.72. The maximum atomic E-state index is 12.5. The molecule has 0 aliphatic carbocycles. The van der Waals surface area contributed by atoms with Crippen LogP contribution in [0.5, 0.6) is 0 Å². The normalized spacial score (nSPS) is 19.9. The summed E-state index contributed by atoms with van der Waals surface area (Å²) >= 11 is 0. The van der Waals surface area contributed by atoms with Crippen LogP contribution in [0, 0.1) is 11.8 Å². The first kappa shape index (κ1) is 21.7. The molecule has 1 aliphatic heterocycles. The Labute approximate surface area is 153 Å². The van der Waals surface area contributed by atoms with Crippen molar-refractivity contribution >= 4 is 12.0 Å². The SMILES string of the molecule is CC(C)[C@H](N)C(=O)N1CCC[C@H](CN(C(=O)OC(C)(C)C)C(C)C)C1. The van der Waals surface area contributed by atoms with Crippen LogP contribution in [0.4, 0.5) is 4.79 Å². The number of carbonyl (C=O) groups excluding carboxylic acids is 2. The number of rotatable bonds is 5. The average Bonchev–Trinajstić information content (AvgIpc) is 2.49. The number of ether oxygens (including phenoxy) is 1. The van der Waals surface area contributed by atoms with Crippen molar-refractivity contribution in [2.24, 2.45) is 17.6 Å². The van der Waals surface area contributed by atoms with Crippen molar-refractivity contribution in [1.29, 1.82) is 0 Å². The Hall–Kier alpha value is -1.30. The van der Waals surface area contributed by atoms with E-state index in [9.17, 15) is 9.59 Å². The van der Waals surface area contributed by atoms with Gasteiger partial charge in [0.25, 0.3) is 0 Å². The number of hydrogen-bond acceptors (Lipinski definition) is 4. The molecule has 0 aromatic rings. The average molecular weight is 356 g/mol. The number of carbonyl (C=O) groups is 2. The lowest BCUT2D eigenvalue weighted by molar-refractivity contribution is -0.135. The third kappa shape index (κ3) is 6.84. The lowest BCUT2D eigenvalue weighted by Crippen LogP contribution is -2.52. The third-order valence-corrected chi connectivity index (χ3v) is 4.54. The van der Waals surface area contributed by atoms with Crippen LogP contribution >= 0.6 is 0 Å². The van der Waals surface area contributed by atoms with Crippen LogP contribution in [0.25, 0.3) is 0 Å². The predicted molar refractivity (Wildman–Crippen MR) is 100 cm³/mol. The molecule has 1 aliphatic rings. The molecule has 0 aromatic heterocycles. The molecule has 0 bridgehead atoms. The number of amides is 2. The first-order chi connectivity index (χ1) is 11.4. The summed E-state index contributed by atoms with van der Waals surface area (Å²) in [5.74, 6) is 0.404. The molecule has 1 heterocycles. The minimum absolute atomic E-state index is 0.0214. The molecule has 2 amide bonds. The molecule has 6 nitrogen and oxygen atoms in total. The summed E-state index contributed by atoms with van der Waals surface area (Å²) in [7, 11) is 0. The van der Waals surface area contributed by atoms with Crippen molar-refractivity contribution in [1.82, 2.24) is 9.80 Å². The van der Waals surface area contributed by atoms with Crippen molar-refractivity contribution in [2.45, 2.75) is 79.0 Å². The smallest absolute Gasteiger partial charge is 0.410 e. The van der Waals surface area contributed by atoms with Crippen LogP contribution in [0.2, 0.25) is 0 Å². The molecule has 1 rings (SSSR count). The van der Waals surface area contributed by atoms with Gasteiger partial charge in [0.15, 0.2) is 0 Å². The summed E-state index contributed by atoms with van der Waals surface area (Å²) in [5.41, 5.74) is 5.52. The monoisotopic (exact) mass is 355 g/mol. The van der Waals surface area contributed by atoms with Crippen LogP contribution in [0.1, 0.15) is 61.3 Å². The Morgan fingerprint density at radius 1 is 1.24 bits per heavy atom. The standard InChI is InChI=1S/C19H37N3O3/c1-13(2)16(20)17(23)21-10-8-9-15(11-21)12-22(14(3)4)18(24)25-19(5,6)7/h13-16H,8-12,20H2,1-7H3/t15-,16-/m0/s1. The summed E-state index contributed by atoms with van der Waals surface area (Å²) < 4.78 is 5.53. The molecule has 0 spiro atoms. The lowest BCUT2D eigenvalue weighted by atomic mass is 9.95. The zero-order chi connectivity index (χ0) is 19.4. The van der Waals surface area contributed by atoms with Gasteiger partial charge in [-0.3, -0.25) is 4.79 Å². The van der Waals surface area contributed by atoms with Gasteiger partial charge in [0.1, 0.15) is 5.60 Å². The zero-order valence-electron chi connectivity index (χ0n) is 17.0. The molecule has 0 radical (unpaired) electrons. The van der Waals surface area contributed by atoms with Crippen molar-refractivity contribution in [3.05, 3.63) is 0 Å². The van der Waals surface area contributed by atoms with Gasteiger partial charge in [0, 0.05) is 25.7 Å². The summed E-state index contributed by atoms with van der Waals surface area (Å²) in [6.07, 6.45) is 1.67. The molecular formula is C19H37N3O3. The van der Waals surface area contributed by atoms with E-state index in [0.29, 0.717) is 13.1 Å². The molecule has 2 atom stereocenters. The van der Waals surface area contributed by atoms with Crippen molar-refractivity contribution in [3.63, 3.8) is 0 Å². The van der Waals surface area contributed by atoms with Gasteiger partial charge in [-0.05, 0) is 59.3 Å². The van der Waals surface area contributed by atoms with Crippen LogP contribution in [0.15, 0.2) is 0 Å². The molecule has 0 unspecified atom stereocenters. The number of hydrogen-bond donors (Lipinski definition) is 1. The molecule has 0 aromatic carbocycles. The number of likely N-dealkylation sites (tertiary alicyclic amines) is 1. The quantitative estimate of drug-likeness (QED) is 0.823. The van der Waals surface area contributed by atoms with Crippen LogP contribution in [-0.4, -0.2) is 59.1 Å². The van der Waals surface area contributed by atoms with Crippen LogP contribution in [0.3, 0.4) is 0 Å². The van der Waals surface area contributed by atoms with Crippen molar-refractivity contribution in [2.75, 3.05) is 19.6 Å². The van der Waals surface area contributed by atoms with Gasteiger partial charge in [-0.1, -0.05) is 13.8 Å². The van der Waals surface area contributed by atoms with Gasteiger partial charge in [0.2, 0.25) is 5.91 Å². The molecule has 25 heavy (non-hydrogen) atoms. The fraction of sp³-hybridized carbons (Fsp3) is 0.895. The molecule has 1 saturated heterocycles. The minimum Gasteiger partial charge on any atom is -0.444 e. The summed E-state index contributed by atoms with van der Waals surface area (Å²) in [4.78, 5) is 28.6. The van der Waals surface area contributed by atoms with E-state index in [1.807, 2.05) is 53.4 Å². The van der Waals surface area contributed by atoms with Gasteiger partial charge in [-0.2, -0.15) is 0 Å². The highest BCUT2D eigenvalue weighted by Gasteiger charge is 2.32. The van der Waals surface area contributed by atoms with Gasteiger partial charge in [0.05, 0.1) is 6.04 Å². The summed E-state index contributed by atoms with van der Waals surface area (Å²) in [6, 6.07) is -0.398. The lowest BCUT2D eigenvalue weighted by Gasteiger charge is -2.38. The number of nitrogens with two attached hydrogens (primary N) is 1. The van der Waals surface area contributed by atoms with Gasteiger partial charge >= 0.3 is 6.09 Å². The van der Waals surface area contributed by atoms with Crippen molar-refractivity contribution in [3.8, 4) is 0 Å². The zero-order valence-corrected chi connectivity index (χ0v) is 17.0. The summed E-state index contributed by atoms with van der Waals surface area (Å²) in [6.45, 7) is 15.5. The highest BCUT2D eigenvalue weighted by molar-refractivity contribution is 5.82. The van der Waals surface area contributed by atoms with E-state index in [1.165, 1.54) is 0 Å². The fourth-order valence-corrected chi connectivity index (χ4v) is 3.01. The maximum Gasteiger partial charge on any atom is 0.410 e. The van der Waals surface area contributed by atoms with E-state index in [-0.39, 0.29) is 29.9 Å². The van der Waals surface area contributed by atoms with Crippen LogP contribution in [-0.2, 0) is 9.53 Å². The largest absolute Gasteiger partial charge is 0.444 e. The van der Waals surface area contributed by atoms with E-state index in [2.05, 4.69) is 0 Å².